The summed E-state index contributed by atoms with van der Waals surface area (Å²) in [7, 11) is 0. The third-order valence-electron chi connectivity index (χ3n) is 4.39. The Morgan fingerprint density at radius 1 is 1.50 bits per heavy atom. The van der Waals surface area contributed by atoms with Gasteiger partial charge in [-0.1, -0.05) is 11.2 Å². The number of fused-ring (bicyclic) bond motifs is 1. The van der Waals surface area contributed by atoms with Crippen molar-refractivity contribution in [2.75, 3.05) is 13.2 Å². The van der Waals surface area contributed by atoms with E-state index in [9.17, 15) is 4.79 Å². The number of amides is 1. The highest BCUT2D eigenvalue weighted by atomic mass is 32.1. The van der Waals surface area contributed by atoms with E-state index in [1.807, 2.05) is 22.4 Å². The van der Waals surface area contributed by atoms with E-state index in [1.54, 1.807) is 6.92 Å². The Morgan fingerprint density at radius 3 is 3.14 bits per heavy atom. The van der Waals surface area contributed by atoms with Gasteiger partial charge < -0.3 is 14.2 Å². The molecule has 4 heterocycles. The molecule has 2 aliphatic rings. The molecule has 0 saturated carbocycles. The van der Waals surface area contributed by atoms with Gasteiger partial charge in [0.05, 0.1) is 22.9 Å². The first-order valence-corrected chi connectivity index (χ1v) is 8.36. The number of hydrogen-bond donors (Lipinski definition) is 0. The predicted molar refractivity (Wildman–Crippen MR) is 79.9 cm³/mol. The number of thiophene rings is 1. The number of aromatic nitrogens is 2. The van der Waals surface area contributed by atoms with Crippen LogP contribution in [0.4, 0.5) is 0 Å². The van der Waals surface area contributed by atoms with Crippen LogP contribution in [0.3, 0.4) is 0 Å². The SMILES string of the molecule is Cc1noc([C@H]2C[C@H]3OCC[C@H]3N(C(=O)c3cccs3)C2)n1. The van der Waals surface area contributed by atoms with E-state index in [-0.39, 0.29) is 24.0 Å². The smallest absolute Gasteiger partial charge is 0.264 e. The fourth-order valence-electron chi connectivity index (χ4n) is 3.38. The Morgan fingerprint density at radius 2 is 2.41 bits per heavy atom. The van der Waals surface area contributed by atoms with Crippen LogP contribution in [0, 0.1) is 6.92 Å². The van der Waals surface area contributed by atoms with Gasteiger partial charge in [-0.15, -0.1) is 11.3 Å². The van der Waals surface area contributed by atoms with Gasteiger partial charge in [-0.25, -0.2) is 0 Å². The summed E-state index contributed by atoms with van der Waals surface area (Å²) in [6.07, 6.45) is 1.80. The van der Waals surface area contributed by atoms with Gasteiger partial charge in [-0.2, -0.15) is 4.98 Å². The summed E-state index contributed by atoms with van der Waals surface area (Å²) in [5.74, 6) is 1.36. The zero-order valence-electron chi connectivity index (χ0n) is 12.3. The van der Waals surface area contributed by atoms with Crippen LogP contribution < -0.4 is 0 Å². The second-order valence-electron chi connectivity index (χ2n) is 5.81. The molecule has 2 fully saturated rings. The van der Waals surface area contributed by atoms with Crippen molar-refractivity contribution < 1.29 is 14.1 Å². The molecule has 2 aromatic rings. The molecule has 2 aromatic heterocycles. The summed E-state index contributed by atoms with van der Waals surface area (Å²) in [6, 6.07) is 3.94. The van der Waals surface area contributed by atoms with Crippen LogP contribution >= 0.6 is 11.3 Å². The first-order chi connectivity index (χ1) is 10.7. The van der Waals surface area contributed by atoms with Gasteiger partial charge in [0.25, 0.3) is 5.91 Å². The molecule has 3 atom stereocenters. The molecule has 116 valence electrons. The molecular weight excluding hydrogens is 302 g/mol. The fraction of sp³-hybridized carbons (Fsp3) is 0.533. The van der Waals surface area contributed by atoms with Crippen LogP contribution in [0.2, 0.25) is 0 Å². The van der Waals surface area contributed by atoms with E-state index in [0.29, 0.717) is 24.9 Å². The van der Waals surface area contributed by atoms with Crippen molar-refractivity contribution in [3.8, 4) is 0 Å². The lowest BCUT2D eigenvalue weighted by Gasteiger charge is -2.39. The van der Waals surface area contributed by atoms with Crippen LogP contribution in [0.15, 0.2) is 22.0 Å². The van der Waals surface area contributed by atoms with Crippen LogP contribution in [-0.2, 0) is 4.74 Å². The molecule has 1 amide bonds. The van der Waals surface area contributed by atoms with E-state index in [4.69, 9.17) is 9.26 Å². The number of rotatable bonds is 2. The molecule has 0 spiro atoms. The lowest BCUT2D eigenvalue weighted by atomic mass is 9.89. The van der Waals surface area contributed by atoms with Crippen molar-refractivity contribution in [2.24, 2.45) is 0 Å². The molecule has 22 heavy (non-hydrogen) atoms. The maximum atomic E-state index is 12.8. The van der Waals surface area contributed by atoms with Crippen molar-refractivity contribution in [3.63, 3.8) is 0 Å². The Kier molecular flexibility index (Phi) is 3.46. The number of carbonyl (C=O) groups is 1. The number of aryl methyl sites for hydroxylation is 1. The monoisotopic (exact) mass is 319 g/mol. The first-order valence-electron chi connectivity index (χ1n) is 7.48. The van der Waals surface area contributed by atoms with E-state index >= 15 is 0 Å². The first kappa shape index (κ1) is 13.9. The lowest BCUT2D eigenvalue weighted by Crippen LogP contribution is -2.51. The number of likely N-dealkylation sites (tertiary alicyclic amines) is 1. The Bertz CT molecular complexity index is 669. The van der Waals surface area contributed by atoms with Crippen molar-refractivity contribution in [2.45, 2.75) is 37.8 Å². The molecule has 7 heteroatoms. The largest absolute Gasteiger partial charge is 0.376 e. The van der Waals surface area contributed by atoms with Crippen LogP contribution in [0.1, 0.15) is 40.1 Å². The van der Waals surface area contributed by atoms with Crippen molar-refractivity contribution in [3.05, 3.63) is 34.1 Å². The minimum atomic E-state index is 0.0458. The predicted octanol–water partition coefficient (Wildman–Crippen LogP) is 2.23. The maximum Gasteiger partial charge on any atom is 0.264 e. The number of piperidine rings is 1. The van der Waals surface area contributed by atoms with E-state index in [0.717, 1.165) is 17.7 Å². The average molecular weight is 319 g/mol. The van der Waals surface area contributed by atoms with Crippen LogP contribution in [0.25, 0.3) is 0 Å². The molecule has 6 nitrogen and oxygen atoms in total. The summed E-state index contributed by atoms with van der Waals surface area (Å²) in [5.41, 5.74) is 0. The van der Waals surface area contributed by atoms with Gasteiger partial charge in [0.1, 0.15) is 0 Å². The van der Waals surface area contributed by atoms with Crippen molar-refractivity contribution in [1.82, 2.24) is 15.0 Å². The molecular formula is C15H17N3O3S. The minimum Gasteiger partial charge on any atom is -0.376 e. The van der Waals surface area contributed by atoms with E-state index in [1.165, 1.54) is 11.3 Å². The molecule has 0 unspecified atom stereocenters. The molecule has 0 bridgehead atoms. The van der Waals surface area contributed by atoms with Gasteiger partial charge in [0.15, 0.2) is 5.82 Å². The third kappa shape index (κ3) is 2.34. The summed E-state index contributed by atoms with van der Waals surface area (Å²) in [6.45, 7) is 3.13. The van der Waals surface area contributed by atoms with Gasteiger partial charge in [0, 0.05) is 13.2 Å². The third-order valence-corrected chi connectivity index (χ3v) is 5.25. The van der Waals surface area contributed by atoms with Gasteiger partial charge in [-0.3, -0.25) is 4.79 Å². The van der Waals surface area contributed by atoms with Gasteiger partial charge in [0.2, 0.25) is 5.89 Å². The lowest BCUT2D eigenvalue weighted by molar-refractivity contribution is 0.0127. The van der Waals surface area contributed by atoms with Crippen molar-refractivity contribution in [1.29, 1.82) is 0 Å². The summed E-state index contributed by atoms with van der Waals surface area (Å²) in [4.78, 5) is 19.8. The fourth-order valence-corrected chi connectivity index (χ4v) is 4.06. The number of carbonyl (C=O) groups excluding carboxylic acids is 1. The zero-order valence-corrected chi connectivity index (χ0v) is 13.1. The topological polar surface area (TPSA) is 68.5 Å². The Hall–Kier alpha value is -1.73. The average Bonchev–Trinajstić information content (AvgIpc) is 3.26. The second kappa shape index (κ2) is 5.48. The van der Waals surface area contributed by atoms with Crippen LogP contribution in [-0.4, -0.2) is 46.2 Å². The highest BCUT2D eigenvalue weighted by Gasteiger charge is 2.44. The molecule has 2 aliphatic heterocycles. The van der Waals surface area contributed by atoms with E-state index < -0.39 is 0 Å². The van der Waals surface area contributed by atoms with E-state index in [2.05, 4.69) is 10.1 Å². The van der Waals surface area contributed by atoms with Crippen LogP contribution in [0.5, 0.6) is 0 Å². The Balaban J connectivity index is 1.62. The van der Waals surface area contributed by atoms with Gasteiger partial charge in [-0.05, 0) is 31.2 Å². The molecule has 0 N–H and O–H groups in total. The summed E-state index contributed by atoms with van der Waals surface area (Å²) >= 11 is 1.48. The zero-order chi connectivity index (χ0) is 15.1. The normalized spacial score (nSPS) is 27.9. The molecule has 0 aliphatic carbocycles. The van der Waals surface area contributed by atoms with Gasteiger partial charge >= 0.3 is 0 Å². The number of ether oxygens (including phenoxy) is 1. The number of nitrogens with zero attached hydrogens (tertiary/aromatic N) is 3. The molecule has 4 rings (SSSR count). The van der Waals surface area contributed by atoms with Crippen molar-refractivity contribution >= 4 is 17.2 Å². The maximum absolute atomic E-state index is 12.8. The second-order valence-corrected chi connectivity index (χ2v) is 6.76. The number of hydrogen-bond acceptors (Lipinski definition) is 6. The quantitative estimate of drug-likeness (QED) is 0.849. The summed E-state index contributed by atoms with van der Waals surface area (Å²) in [5, 5.41) is 5.80. The highest BCUT2D eigenvalue weighted by molar-refractivity contribution is 7.12. The molecule has 2 saturated heterocycles. The Labute approximate surface area is 132 Å². The molecule has 0 radical (unpaired) electrons. The molecule has 0 aromatic carbocycles. The summed E-state index contributed by atoms with van der Waals surface area (Å²) < 4.78 is 11.2. The standard InChI is InChI=1S/C15H17N3O3S/c1-9-16-14(21-17-9)10-7-12-11(4-5-20-12)18(8-10)15(19)13-3-2-6-22-13/h2-3,6,10-12H,4-5,7-8H2,1H3/t10-,11+,12+/m0/s1. The minimum absolute atomic E-state index is 0.0458. The highest BCUT2D eigenvalue weighted by Crippen LogP contribution is 2.36.